The van der Waals surface area contributed by atoms with E-state index >= 15 is 0 Å². The topological polar surface area (TPSA) is 20.2 Å². The molecule has 1 nitrogen and oxygen atoms in total. The zero-order valence-corrected chi connectivity index (χ0v) is 19.3. The summed E-state index contributed by atoms with van der Waals surface area (Å²) in [5.74, 6) is 0.461. The fourth-order valence-electron chi connectivity index (χ4n) is 3.82. The third-order valence-electron chi connectivity index (χ3n) is 5.20. The summed E-state index contributed by atoms with van der Waals surface area (Å²) in [7, 11) is 0. The maximum Gasteiger partial charge on any atom is 0.123 e. The number of phenolic OH excluding ortho intramolecular Hbond substituents is 1. The van der Waals surface area contributed by atoms with Crippen LogP contribution in [0.25, 0.3) is 6.08 Å². The van der Waals surface area contributed by atoms with Gasteiger partial charge in [0.1, 0.15) is 5.75 Å². The molecule has 0 fully saturated rings. The minimum atomic E-state index is -0.113. The summed E-state index contributed by atoms with van der Waals surface area (Å²) in [6, 6.07) is 12.6. The van der Waals surface area contributed by atoms with Gasteiger partial charge in [-0.3, -0.25) is 0 Å². The highest BCUT2D eigenvalue weighted by molar-refractivity contribution is 5.58. The zero-order chi connectivity index (χ0) is 21.3. The smallest absolute Gasteiger partial charge is 0.123 e. The van der Waals surface area contributed by atoms with Crippen LogP contribution in [0.2, 0.25) is 0 Å². The lowest BCUT2D eigenvalue weighted by Crippen LogP contribution is -2.26. The molecule has 2 rings (SSSR count). The molecule has 2 aromatic rings. The predicted molar refractivity (Wildman–Crippen MR) is 123 cm³/mol. The van der Waals surface area contributed by atoms with E-state index in [1.807, 2.05) is 6.07 Å². The van der Waals surface area contributed by atoms with Gasteiger partial charge in [-0.25, -0.2) is 0 Å². The molecule has 1 N–H and O–H groups in total. The lowest BCUT2D eigenvalue weighted by Gasteiger charge is -2.35. The summed E-state index contributed by atoms with van der Waals surface area (Å²) in [4.78, 5) is 0. The lowest BCUT2D eigenvalue weighted by atomic mass is 9.69. The van der Waals surface area contributed by atoms with Gasteiger partial charge in [-0.1, -0.05) is 111 Å². The van der Waals surface area contributed by atoms with Gasteiger partial charge in [0.25, 0.3) is 0 Å². The van der Waals surface area contributed by atoms with Crippen molar-refractivity contribution < 1.29 is 5.11 Å². The van der Waals surface area contributed by atoms with E-state index in [1.165, 1.54) is 16.7 Å². The number of phenols is 1. The Labute approximate surface area is 172 Å². The van der Waals surface area contributed by atoms with Crippen LogP contribution in [0.5, 0.6) is 5.75 Å². The van der Waals surface area contributed by atoms with Crippen molar-refractivity contribution in [3.63, 3.8) is 0 Å². The average Bonchev–Trinajstić information content (AvgIpc) is 2.53. The Morgan fingerprint density at radius 2 is 1.29 bits per heavy atom. The molecule has 0 heterocycles. The van der Waals surface area contributed by atoms with E-state index in [9.17, 15) is 5.11 Å². The predicted octanol–water partition coefficient (Wildman–Crippen LogP) is 7.54. The van der Waals surface area contributed by atoms with Gasteiger partial charge in [0.05, 0.1) is 0 Å². The second-order valence-corrected chi connectivity index (χ2v) is 10.9. The first-order valence-electron chi connectivity index (χ1n) is 10.3. The quantitative estimate of drug-likeness (QED) is 0.585. The van der Waals surface area contributed by atoms with Crippen LogP contribution < -0.4 is 0 Å². The van der Waals surface area contributed by atoms with Crippen molar-refractivity contribution in [2.24, 2.45) is 0 Å². The number of rotatable bonds is 3. The van der Waals surface area contributed by atoms with E-state index in [2.05, 4.69) is 105 Å². The number of hydrogen-bond donors (Lipinski definition) is 1. The standard InChI is InChI=1S/C27H38O/c1-25(2,3)21-18-22(26(4,5)6)24(28)20(23(21)27(7,8)9)17-13-16-19-14-11-10-12-15-19/h10-16,18,28H,17H2,1-9H3. The monoisotopic (exact) mass is 378 g/mol. The number of allylic oxidation sites excluding steroid dienone is 1. The summed E-state index contributed by atoms with van der Waals surface area (Å²) < 4.78 is 0. The van der Waals surface area contributed by atoms with Gasteiger partial charge in [0.15, 0.2) is 0 Å². The molecule has 0 saturated carbocycles. The highest BCUT2D eigenvalue weighted by atomic mass is 16.3. The van der Waals surface area contributed by atoms with Crippen LogP contribution in [0.4, 0.5) is 0 Å². The first-order valence-corrected chi connectivity index (χ1v) is 10.3. The van der Waals surface area contributed by atoms with Crippen LogP contribution >= 0.6 is 0 Å². The van der Waals surface area contributed by atoms with E-state index in [-0.39, 0.29) is 16.2 Å². The summed E-state index contributed by atoms with van der Waals surface area (Å²) in [5.41, 5.74) is 5.75. The Morgan fingerprint density at radius 1 is 0.750 bits per heavy atom. The molecule has 0 radical (unpaired) electrons. The van der Waals surface area contributed by atoms with E-state index in [0.717, 1.165) is 17.5 Å². The van der Waals surface area contributed by atoms with Gasteiger partial charge >= 0.3 is 0 Å². The minimum Gasteiger partial charge on any atom is -0.507 e. The third-order valence-corrected chi connectivity index (χ3v) is 5.20. The lowest BCUT2D eigenvalue weighted by molar-refractivity contribution is 0.431. The van der Waals surface area contributed by atoms with E-state index in [4.69, 9.17) is 0 Å². The van der Waals surface area contributed by atoms with Crippen molar-refractivity contribution in [1.82, 2.24) is 0 Å². The summed E-state index contributed by atoms with van der Waals surface area (Å²) in [6.07, 6.45) is 5.05. The highest BCUT2D eigenvalue weighted by Gasteiger charge is 2.32. The molecule has 0 aromatic heterocycles. The maximum atomic E-state index is 11.3. The minimum absolute atomic E-state index is 0.00814. The zero-order valence-electron chi connectivity index (χ0n) is 19.3. The van der Waals surface area contributed by atoms with Gasteiger partial charge in [-0.2, -0.15) is 0 Å². The van der Waals surface area contributed by atoms with Crippen molar-refractivity contribution in [3.05, 3.63) is 70.3 Å². The fraction of sp³-hybridized carbons (Fsp3) is 0.481. The molecule has 0 atom stereocenters. The molecule has 28 heavy (non-hydrogen) atoms. The van der Waals surface area contributed by atoms with Crippen LogP contribution in [0, 0.1) is 0 Å². The van der Waals surface area contributed by atoms with Crippen LogP contribution in [0.1, 0.15) is 90.1 Å². The van der Waals surface area contributed by atoms with E-state index in [0.29, 0.717) is 5.75 Å². The van der Waals surface area contributed by atoms with Crippen LogP contribution in [-0.2, 0) is 22.7 Å². The number of aromatic hydroxyl groups is 1. The molecule has 0 amide bonds. The molecule has 0 unspecified atom stereocenters. The van der Waals surface area contributed by atoms with Crippen LogP contribution in [0.3, 0.4) is 0 Å². The molecule has 0 aliphatic rings. The van der Waals surface area contributed by atoms with Gasteiger partial charge in [-0.15, -0.1) is 0 Å². The highest BCUT2D eigenvalue weighted by Crippen LogP contribution is 2.45. The normalized spacial score (nSPS) is 13.3. The average molecular weight is 379 g/mol. The third kappa shape index (κ3) is 5.07. The second kappa shape index (κ2) is 7.78. The first-order chi connectivity index (χ1) is 12.7. The van der Waals surface area contributed by atoms with Crippen LogP contribution in [0.15, 0.2) is 42.5 Å². The van der Waals surface area contributed by atoms with E-state index in [1.54, 1.807) is 0 Å². The van der Waals surface area contributed by atoms with Gasteiger partial charge in [0.2, 0.25) is 0 Å². The molecule has 2 aromatic carbocycles. The maximum absolute atomic E-state index is 11.3. The Morgan fingerprint density at radius 3 is 1.75 bits per heavy atom. The summed E-state index contributed by atoms with van der Waals surface area (Å²) >= 11 is 0. The molecule has 0 saturated heterocycles. The van der Waals surface area contributed by atoms with Crippen molar-refractivity contribution in [3.8, 4) is 5.75 Å². The van der Waals surface area contributed by atoms with Crippen molar-refractivity contribution in [2.75, 3.05) is 0 Å². The number of benzene rings is 2. The van der Waals surface area contributed by atoms with Crippen molar-refractivity contribution >= 4 is 6.08 Å². The summed E-state index contributed by atoms with van der Waals surface area (Å²) in [5, 5.41) is 11.3. The second-order valence-electron chi connectivity index (χ2n) is 10.9. The molecule has 152 valence electrons. The molecule has 1 heteroatoms. The van der Waals surface area contributed by atoms with Crippen molar-refractivity contribution in [2.45, 2.75) is 85.0 Å². The fourth-order valence-corrected chi connectivity index (χ4v) is 3.82. The Balaban J connectivity index is 2.71. The largest absolute Gasteiger partial charge is 0.507 e. The van der Waals surface area contributed by atoms with Gasteiger partial charge in [0, 0.05) is 5.56 Å². The first kappa shape index (κ1) is 22.3. The van der Waals surface area contributed by atoms with E-state index < -0.39 is 0 Å². The van der Waals surface area contributed by atoms with Crippen molar-refractivity contribution in [1.29, 1.82) is 0 Å². The number of hydrogen-bond acceptors (Lipinski definition) is 1. The molecule has 0 aliphatic heterocycles. The Bertz CT molecular complexity index is 835. The Kier molecular flexibility index (Phi) is 6.19. The SMILES string of the molecule is CC(C)(C)c1cc(C(C)(C)C)c(C(C)(C)C)c(CC=Cc2ccccc2)c1O. The molecule has 0 aliphatic carbocycles. The van der Waals surface area contributed by atoms with Crippen LogP contribution in [-0.4, -0.2) is 5.11 Å². The van der Waals surface area contributed by atoms with Gasteiger partial charge < -0.3 is 5.11 Å². The summed E-state index contributed by atoms with van der Waals surface area (Å²) in [6.45, 7) is 20.1. The van der Waals surface area contributed by atoms with Gasteiger partial charge in [-0.05, 0) is 44.9 Å². The Hall–Kier alpha value is -2.02. The molecule has 0 spiro atoms. The molecular weight excluding hydrogens is 340 g/mol. The molecular formula is C27H38O. The molecule has 0 bridgehead atoms.